The van der Waals surface area contributed by atoms with E-state index in [0.717, 1.165) is 0 Å². The first-order valence-corrected chi connectivity index (χ1v) is 7.39. The van der Waals surface area contributed by atoms with Gasteiger partial charge in [-0.05, 0) is 19.3 Å². The summed E-state index contributed by atoms with van der Waals surface area (Å²) in [5.41, 5.74) is 0.882. The maximum Gasteiger partial charge on any atom is 0.407 e. The van der Waals surface area contributed by atoms with Crippen molar-refractivity contribution in [2.45, 2.75) is 26.3 Å². The van der Waals surface area contributed by atoms with Crippen molar-refractivity contribution in [1.82, 2.24) is 15.2 Å². The standard InChI is InChI=1S/C13H17Cl2N3O3/c1-6-5-18(13(20)21)4-3-8(6)17-12(19)11-10(15)9(14)7(2)16-11/h6,8,16H,3-5H2,1-2H3,(H,17,19)(H,20,21). The van der Waals surface area contributed by atoms with Gasteiger partial charge in [0.25, 0.3) is 5.91 Å². The summed E-state index contributed by atoms with van der Waals surface area (Å²) in [5.74, 6) is -0.292. The molecular weight excluding hydrogens is 317 g/mol. The van der Waals surface area contributed by atoms with Crippen molar-refractivity contribution in [3.63, 3.8) is 0 Å². The number of aromatic amines is 1. The predicted molar refractivity (Wildman–Crippen MR) is 80.2 cm³/mol. The molecule has 1 aliphatic rings. The number of amides is 2. The zero-order chi connectivity index (χ0) is 15.7. The van der Waals surface area contributed by atoms with Gasteiger partial charge in [-0.25, -0.2) is 4.79 Å². The molecule has 116 valence electrons. The van der Waals surface area contributed by atoms with Crippen LogP contribution in [0.15, 0.2) is 0 Å². The van der Waals surface area contributed by atoms with Gasteiger partial charge in [-0.15, -0.1) is 0 Å². The maximum absolute atomic E-state index is 12.2. The van der Waals surface area contributed by atoms with Crippen LogP contribution in [-0.4, -0.2) is 46.1 Å². The van der Waals surface area contributed by atoms with Crippen LogP contribution >= 0.6 is 23.2 Å². The molecule has 0 saturated carbocycles. The van der Waals surface area contributed by atoms with Crippen LogP contribution in [0.3, 0.4) is 0 Å². The summed E-state index contributed by atoms with van der Waals surface area (Å²) >= 11 is 12.0. The summed E-state index contributed by atoms with van der Waals surface area (Å²) in [5, 5.41) is 12.4. The third-order valence-electron chi connectivity index (χ3n) is 3.77. The second-order valence-electron chi connectivity index (χ2n) is 5.33. The van der Waals surface area contributed by atoms with Gasteiger partial charge in [0, 0.05) is 24.8 Å². The number of rotatable bonds is 2. The maximum atomic E-state index is 12.2. The molecule has 3 N–H and O–H groups in total. The quantitative estimate of drug-likeness (QED) is 0.777. The molecule has 0 spiro atoms. The van der Waals surface area contributed by atoms with E-state index in [1.54, 1.807) is 6.92 Å². The number of aryl methyl sites for hydroxylation is 1. The number of nitrogens with zero attached hydrogens (tertiary/aromatic N) is 1. The number of aromatic nitrogens is 1. The fourth-order valence-electron chi connectivity index (χ4n) is 2.50. The Morgan fingerprint density at radius 1 is 1.38 bits per heavy atom. The number of likely N-dealkylation sites (tertiary alicyclic amines) is 1. The predicted octanol–water partition coefficient (Wildman–Crippen LogP) is 2.75. The average molecular weight is 334 g/mol. The van der Waals surface area contributed by atoms with Gasteiger partial charge in [-0.1, -0.05) is 30.1 Å². The minimum atomic E-state index is -0.929. The molecule has 2 atom stereocenters. The Kier molecular flexibility index (Phi) is 4.68. The van der Waals surface area contributed by atoms with Gasteiger partial charge < -0.3 is 20.3 Å². The van der Waals surface area contributed by atoms with Crippen molar-refractivity contribution in [3.05, 3.63) is 21.4 Å². The van der Waals surface area contributed by atoms with Crippen molar-refractivity contribution in [2.75, 3.05) is 13.1 Å². The van der Waals surface area contributed by atoms with Gasteiger partial charge in [0.2, 0.25) is 0 Å². The van der Waals surface area contributed by atoms with Gasteiger partial charge >= 0.3 is 6.09 Å². The topological polar surface area (TPSA) is 85.4 Å². The monoisotopic (exact) mass is 333 g/mol. The molecule has 2 heterocycles. The van der Waals surface area contributed by atoms with Crippen LogP contribution in [-0.2, 0) is 0 Å². The highest BCUT2D eigenvalue weighted by atomic mass is 35.5. The van der Waals surface area contributed by atoms with E-state index in [0.29, 0.717) is 30.2 Å². The highest BCUT2D eigenvalue weighted by molar-refractivity contribution is 6.44. The number of halogens is 2. The van der Waals surface area contributed by atoms with Crippen LogP contribution in [0.2, 0.25) is 10.0 Å². The molecule has 0 aromatic carbocycles. The Morgan fingerprint density at radius 2 is 2.05 bits per heavy atom. The highest BCUT2D eigenvalue weighted by Crippen LogP contribution is 2.29. The molecule has 2 amide bonds. The molecule has 1 saturated heterocycles. The summed E-state index contributed by atoms with van der Waals surface area (Å²) in [6.07, 6.45) is -0.356. The molecule has 0 radical (unpaired) electrons. The average Bonchev–Trinajstić information content (AvgIpc) is 2.68. The summed E-state index contributed by atoms with van der Waals surface area (Å²) in [7, 11) is 0. The molecule has 2 rings (SSSR count). The molecule has 1 fully saturated rings. The first kappa shape index (κ1) is 16.0. The minimum absolute atomic E-state index is 0.0316. The van der Waals surface area contributed by atoms with E-state index < -0.39 is 6.09 Å². The summed E-state index contributed by atoms with van der Waals surface area (Å²) < 4.78 is 0. The molecule has 21 heavy (non-hydrogen) atoms. The zero-order valence-corrected chi connectivity index (χ0v) is 13.3. The van der Waals surface area contributed by atoms with Crippen molar-refractivity contribution < 1.29 is 14.7 Å². The fourth-order valence-corrected chi connectivity index (χ4v) is 2.92. The number of carboxylic acid groups (broad SMARTS) is 1. The Bertz CT molecular complexity index is 573. The molecular formula is C13H17Cl2N3O3. The lowest BCUT2D eigenvalue weighted by molar-refractivity contribution is 0.0850. The number of carbonyl (C=O) groups excluding carboxylic acids is 1. The molecule has 1 aliphatic heterocycles. The first-order valence-electron chi connectivity index (χ1n) is 6.63. The van der Waals surface area contributed by atoms with E-state index >= 15 is 0 Å². The van der Waals surface area contributed by atoms with Gasteiger partial charge in [0.05, 0.1) is 10.0 Å². The zero-order valence-electron chi connectivity index (χ0n) is 11.7. The van der Waals surface area contributed by atoms with Crippen LogP contribution in [0, 0.1) is 12.8 Å². The second-order valence-corrected chi connectivity index (χ2v) is 6.08. The molecule has 6 nitrogen and oxygen atoms in total. The second kappa shape index (κ2) is 6.15. The lowest BCUT2D eigenvalue weighted by Gasteiger charge is -2.35. The third-order valence-corrected chi connectivity index (χ3v) is 4.72. The lowest BCUT2D eigenvalue weighted by Crippen LogP contribution is -2.51. The smallest absolute Gasteiger partial charge is 0.407 e. The van der Waals surface area contributed by atoms with E-state index in [9.17, 15) is 9.59 Å². The van der Waals surface area contributed by atoms with Crippen LogP contribution in [0.5, 0.6) is 0 Å². The van der Waals surface area contributed by atoms with Gasteiger partial charge in [0.15, 0.2) is 0 Å². The Hall–Kier alpha value is -1.40. The summed E-state index contributed by atoms with van der Waals surface area (Å²) in [4.78, 5) is 27.4. The number of nitrogens with one attached hydrogen (secondary N) is 2. The van der Waals surface area contributed by atoms with E-state index in [1.807, 2.05) is 6.92 Å². The molecule has 8 heteroatoms. The number of hydrogen-bond donors (Lipinski definition) is 3. The molecule has 1 aromatic heterocycles. The Morgan fingerprint density at radius 3 is 2.52 bits per heavy atom. The van der Waals surface area contributed by atoms with Gasteiger partial charge in [-0.3, -0.25) is 4.79 Å². The van der Waals surface area contributed by atoms with E-state index in [1.165, 1.54) is 4.90 Å². The SMILES string of the molecule is Cc1[nH]c(C(=O)NC2CCN(C(=O)O)CC2C)c(Cl)c1Cl. The summed E-state index contributed by atoms with van der Waals surface area (Å²) in [6, 6.07) is -0.0912. The third kappa shape index (κ3) is 3.27. The van der Waals surface area contributed by atoms with Gasteiger partial charge in [0.1, 0.15) is 5.69 Å². The number of carbonyl (C=O) groups is 2. The van der Waals surface area contributed by atoms with Crippen LogP contribution < -0.4 is 5.32 Å². The number of H-pyrrole nitrogens is 1. The molecule has 1 aromatic rings. The normalized spacial score (nSPS) is 22.2. The van der Waals surface area contributed by atoms with Gasteiger partial charge in [-0.2, -0.15) is 0 Å². The van der Waals surface area contributed by atoms with Crippen LogP contribution in [0.4, 0.5) is 4.79 Å². The van der Waals surface area contributed by atoms with E-state index in [4.69, 9.17) is 28.3 Å². The first-order chi connectivity index (χ1) is 9.81. The summed E-state index contributed by atoms with van der Waals surface area (Å²) in [6.45, 7) is 4.45. The molecule has 0 aliphatic carbocycles. The largest absolute Gasteiger partial charge is 0.465 e. The van der Waals surface area contributed by atoms with Crippen molar-refractivity contribution in [3.8, 4) is 0 Å². The van der Waals surface area contributed by atoms with Crippen molar-refractivity contribution in [2.24, 2.45) is 5.92 Å². The van der Waals surface area contributed by atoms with Crippen molar-refractivity contribution in [1.29, 1.82) is 0 Å². The number of piperidine rings is 1. The molecule has 2 unspecified atom stereocenters. The molecule has 0 bridgehead atoms. The number of hydrogen-bond acceptors (Lipinski definition) is 2. The fraction of sp³-hybridized carbons (Fsp3) is 0.538. The van der Waals surface area contributed by atoms with Crippen molar-refractivity contribution >= 4 is 35.2 Å². The Balaban J connectivity index is 2.03. The lowest BCUT2D eigenvalue weighted by atomic mass is 9.94. The highest BCUT2D eigenvalue weighted by Gasteiger charge is 2.30. The van der Waals surface area contributed by atoms with Crippen LogP contribution in [0.1, 0.15) is 29.5 Å². The van der Waals surface area contributed by atoms with Crippen LogP contribution in [0.25, 0.3) is 0 Å². The Labute approximate surface area is 132 Å². The van der Waals surface area contributed by atoms with E-state index in [-0.39, 0.29) is 28.6 Å². The van der Waals surface area contributed by atoms with E-state index in [2.05, 4.69) is 10.3 Å². The minimum Gasteiger partial charge on any atom is -0.465 e.